The first-order valence-corrected chi connectivity index (χ1v) is 10.4. The molecule has 0 spiro atoms. The van der Waals surface area contributed by atoms with Gasteiger partial charge in [-0.1, -0.05) is 35.3 Å². The third kappa shape index (κ3) is 4.97. The largest absolute Gasteiger partial charge is 0.416 e. The SMILES string of the molecule is O=c1n(Cc2cnn(-c3ccccc3Cl)c2)nc(-c2ccc(Cl)cc2)n1CC(O)C(F)(F)F. The molecule has 0 aliphatic heterocycles. The Morgan fingerprint density at radius 2 is 1.76 bits per heavy atom. The van der Waals surface area contributed by atoms with Gasteiger partial charge in [-0.3, -0.25) is 4.57 Å². The second-order valence-corrected chi connectivity index (χ2v) is 8.03. The van der Waals surface area contributed by atoms with Crippen LogP contribution in [0.25, 0.3) is 17.1 Å². The number of benzene rings is 2. The van der Waals surface area contributed by atoms with Crippen LogP contribution in [0.4, 0.5) is 13.2 Å². The molecular weight excluding hydrogens is 482 g/mol. The molecule has 7 nitrogen and oxygen atoms in total. The predicted molar refractivity (Wildman–Crippen MR) is 117 cm³/mol. The van der Waals surface area contributed by atoms with Gasteiger partial charge in [-0.15, -0.1) is 5.10 Å². The molecular formula is C21H16Cl2F3N5O2. The van der Waals surface area contributed by atoms with Crippen LogP contribution >= 0.6 is 23.2 Å². The van der Waals surface area contributed by atoms with Gasteiger partial charge in [-0.25, -0.2) is 14.2 Å². The first-order chi connectivity index (χ1) is 15.6. The fraction of sp³-hybridized carbons (Fsp3) is 0.190. The van der Waals surface area contributed by atoms with E-state index in [1.54, 1.807) is 30.5 Å². The van der Waals surface area contributed by atoms with Crippen molar-refractivity contribution in [3.05, 3.63) is 87.0 Å². The number of aromatic nitrogens is 5. The van der Waals surface area contributed by atoms with Gasteiger partial charge in [0, 0.05) is 22.3 Å². The number of rotatable bonds is 6. The lowest BCUT2D eigenvalue weighted by atomic mass is 10.2. The Hall–Kier alpha value is -3.08. The quantitative estimate of drug-likeness (QED) is 0.433. The minimum atomic E-state index is -4.89. The van der Waals surface area contributed by atoms with Crippen LogP contribution in [0.1, 0.15) is 5.56 Å². The van der Waals surface area contributed by atoms with E-state index < -0.39 is 24.5 Å². The molecule has 0 aliphatic rings. The zero-order valence-electron chi connectivity index (χ0n) is 16.7. The van der Waals surface area contributed by atoms with Crippen molar-refractivity contribution in [3.63, 3.8) is 0 Å². The summed E-state index contributed by atoms with van der Waals surface area (Å²) in [5.41, 5.74) is 0.754. The molecule has 1 N–H and O–H groups in total. The summed E-state index contributed by atoms with van der Waals surface area (Å²) in [6.45, 7) is -1.06. The van der Waals surface area contributed by atoms with E-state index in [1.165, 1.54) is 35.1 Å². The molecule has 0 aliphatic carbocycles. The van der Waals surface area contributed by atoms with Gasteiger partial charge in [0.25, 0.3) is 0 Å². The van der Waals surface area contributed by atoms with E-state index in [0.717, 1.165) is 9.25 Å². The van der Waals surface area contributed by atoms with Crippen molar-refractivity contribution in [1.29, 1.82) is 0 Å². The molecule has 1 atom stereocenters. The van der Waals surface area contributed by atoms with Crippen molar-refractivity contribution in [2.24, 2.45) is 0 Å². The molecule has 0 saturated heterocycles. The average molecular weight is 498 g/mol. The predicted octanol–water partition coefficient (Wildman–Crippen LogP) is 4.18. The van der Waals surface area contributed by atoms with Crippen LogP contribution in [0.15, 0.2) is 65.7 Å². The summed E-state index contributed by atoms with van der Waals surface area (Å²) in [7, 11) is 0. The highest BCUT2D eigenvalue weighted by Crippen LogP contribution is 2.24. The minimum absolute atomic E-state index is 0.0292. The van der Waals surface area contributed by atoms with Crippen LogP contribution in [-0.2, 0) is 13.1 Å². The van der Waals surface area contributed by atoms with Crippen molar-refractivity contribution < 1.29 is 18.3 Å². The van der Waals surface area contributed by atoms with Crippen molar-refractivity contribution in [2.75, 3.05) is 0 Å². The Morgan fingerprint density at radius 1 is 1.06 bits per heavy atom. The van der Waals surface area contributed by atoms with Gasteiger partial charge in [0.05, 0.1) is 30.0 Å². The molecule has 33 heavy (non-hydrogen) atoms. The van der Waals surface area contributed by atoms with E-state index in [-0.39, 0.29) is 12.4 Å². The molecule has 0 amide bonds. The maximum absolute atomic E-state index is 13.0. The van der Waals surface area contributed by atoms with E-state index in [2.05, 4.69) is 10.2 Å². The smallest absolute Gasteiger partial charge is 0.382 e. The summed E-state index contributed by atoms with van der Waals surface area (Å²) in [6.07, 6.45) is -4.49. The molecule has 0 saturated carbocycles. The molecule has 4 rings (SSSR count). The topological polar surface area (TPSA) is 77.9 Å². The van der Waals surface area contributed by atoms with Crippen molar-refractivity contribution in [1.82, 2.24) is 24.1 Å². The fourth-order valence-electron chi connectivity index (χ4n) is 3.18. The zero-order chi connectivity index (χ0) is 23.8. The monoisotopic (exact) mass is 497 g/mol. The third-order valence-electron chi connectivity index (χ3n) is 4.83. The highest BCUT2D eigenvalue weighted by molar-refractivity contribution is 6.32. The Kier molecular flexibility index (Phi) is 6.33. The number of aliphatic hydroxyl groups is 1. The van der Waals surface area contributed by atoms with Gasteiger partial charge in [0.15, 0.2) is 11.9 Å². The molecule has 1 unspecified atom stereocenters. The van der Waals surface area contributed by atoms with Gasteiger partial charge in [0.2, 0.25) is 0 Å². The Balaban J connectivity index is 1.71. The van der Waals surface area contributed by atoms with E-state index >= 15 is 0 Å². The first kappa shape index (κ1) is 23.1. The summed E-state index contributed by atoms with van der Waals surface area (Å²) in [5.74, 6) is -0.0292. The van der Waals surface area contributed by atoms with Crippen LogP contribution in [-0.4, -0.2) is 41.5 Å². The van der Waals surface area contributed by atoms with E-state index in [1.807, 2.05) is 0 Å². The second kappa shape index (κ2) is 9.05. The lowest BCUT2D eigenvalue weighted by Crippen LogP contribution is -2.37. The Labute approximate surface area is 195 Å². The summed E-state index contributed by atoms with van der Waals surface area (Å²) in [4.78, 5) is 12.9. The highest BCUT2D eigenvalue weighted by Gasteiger charge is 2.39. The lowest BCUT2D eigenvalue weighted by molar-refractivity contribution is -0.207. The molecule has 2 heterocycles. The van der Waals surface area contributed by atoms with Gasteiger partial charge >= 0.3 is 11.9 Å². The number of nitrogens with zero attached hydrogens (tertiary/aromatic N) is 5. The number of hydrogen-bond donors (Lipinski definition) is 1. The molecule has 0 radical (unpaired) electrons. The lowest BCUT2D eigenvalue weighted by Gasteiger charge is -2.15. The Morgan fingerprint density at radius 3 is 2.42 bits per heavy atom. The first-order valence-electron chi connectivity index (χ1n) is 9.60. The third-order valence-corrected chi connectivity index (χ3v) is 5.40. The fourth-order valence-corrected chi connectivity index (χ4v) is 3.53. The van der Waals surface area contributed by atoms with Gasteiger partial charge in [-0.2, -0.15) is 18.3 Å². The molecule has 12 heteroatoms. The van der Waals surface area contributed by atoms with Crippen LogP contribution in [0.2, 0.25) is 10.0 Å². The normalized spacial score (nSPS) is 12.8. The molecule has 0 bridgehead atoms. The number of alkyl halides is 3. The summed E-state index contributed by atoms with van der Waals surface area (Å²) >= 11 is 12.1. The van der Waals surface area contributed by atoms with E-state index in [4.69, 9.17) is 23.2 Å². The average Bonchev–Trinajstić information content (AvgIpc) is 3.34. The number of aliphatic hydroxyl groups excluding tert-OH is 1. The number of hydrogen-bond acceptors (Lipinski definition) is 4. The molecule has 2 aromatic carbocycles. The summed E-state index contributed by atoms with van der Waals surface area (Å²) < 4.78 is 42.2. The van der Waals surface area contributed by atoms with Crippen molar-refractivity contribution in [2.45, 2.75) is 25.4 Å². The molecule has 4 aromatic rings. The van der Waals surface area contributed by atoms with Gasteiger partial charge < -0.3 is 5.11 Å². The molecule has 0 fully saturated rings. The number of halogens is 5. The minimum Gasteiger partial charge on any atom is -0.382 e. The van der Waals surface area contributed by atoms with Crippen molar-refractivity contribution >= 4 is 23.2 Å². The maximum atomic E-state index is 13.0. The molecule has 172 valence electrons. The van der Waals surface area contributed by atoms with Gasteiger partial charge in [0.1, 0.15) is 0 Å². The molecule has 2 aromatic heterocycles. The van der Waals surface area contributed by atoms with Crippen molar-refractivity contribution in [3.8, 4) is 17.1 Å². The van der Waals surface area contributed by atoms with Crippen LogP contribution < -0.4 is 5.69 Å². The summed E-state index contributed by atoms with van der Waals surface area (Å²) in [5, 5.41) is 18.9. The maximum Gasteiger partial charge on any atom is 0.416 e. The van der Waals surface area contributed by atoms with Crippen LogP contribution in [0.3, 0.4) is 0 Å². The highest BCUT2D eigenvalue weighted by atomic mass is 35.5. The van der Waals surface area contributed by atoms with Gasteiger partial charge in [-0.05, 0) is 36.4 Å². The standard InChI is InChI=1S/C21H16Cl2F3N5O2/c22-15-7-5-14(6-8-15)19-28-31(20(33)29(19)12-18(32)21(24,25)26)11-13-9-27-30(10-13)17-4-2-1-3-16(17)23/h1-10,18,32H,11-12H2. The second-order valence-electron chi connectivity index (χ2n) is 7.18. The van der Waals surface area contributed by atoms with Crippen LogP contribution in [0.5, 0.6) is 0 Å². The number of para-hydroxylation sites is 1. The Bertz CT molecular complexity index is 1330. The van der Waals surface area contributed by atoms with Crippen LogP contribution in [0, 0.1) is 0 Å². The summed E-state index contributed by atoms with van der Waals surface area (Å²) in [6, 6.07) is 13.1. The van der Waals surface area contributed by atoms with E-state index in [9.17, 15) is 23.1 Å². The van der Waals surface area contributed by atoms with E-state index in [0.29, 0.717) is 26.9 Å². The zero-order valence-corrected chi connectivity index (χ0v) is 18.3.